The molecule has 2 rings (SSSR count). The second-order valence-electron chi connectivity index (χ2n) is 3.85. The summed E-state index contributed by atoms with van der Waals surface area (Å²) in [5, 5.41) is 8.99. The first-order valence-corrected chi connectivity index (χ1v) is 6.62. The number of rotatable bonds is 5. The zero-order valence-electron chi connectivity index (χ0n) is 10.5. The van der Waals surface area contributed by atoms with Crippen LogP contribution in [0.1, 0.15) is 5.82 Å². The fraction of sp³-hybridized carbons (Fsp3) is 0.333. The highest BCUT2D eigenvalue weighted by Crippen LogP contribution is 2.17. The molecule has 0 saturated carbocycles. The van der Waals surface area contributed by atoms with Crippen LogP contribution in [0.5, 0.6) is 5.75 Å². The van der Waals surface area contributed by atoms with Gasteiger partial charge in [-0.05, 0) is 31.2 Å². The molecule has 0 atom stereocenters. The number of nitrogens with zero attached hydrogens (tertiary/aromatic N) is 3. The molecule has 1 heterocycles. The molecule has 0 aliphatic carbocycles. The summed E-state index contributed by atoms with van der Waals surface area (Å²) in [6, 6.07) is 7.39. The van der Waals surface area contributed by atoms with E-state index >= 15 is 0 Å². The van der Waals surface area contributed by atoms with Crippen LogP contribution < -0.4 is 10.5 Å². The highest BCUT2D eigenvalue weighted by atomic mass is 32.2. The van der Waals surface area contributed by atoms with Crippen LogP contribution in [0.3, 0.4) is 0 Å². The minimum absolute atomic E-state index is 0.625. The molecule has 0 radical (unpaired) electrons. The first-order valence-electron chi connectivity index (χ1n) is 5.64. The molecular formula is C12H16N4OS. The monoisotopic (exact) mass is 264 g/mol. The number of aryl methyl sites for hydroxylation is 1. The molecule has 2 aromatic rings. The second-order valence-corrected chi connectivity index (χ2v) is 4.92. The van der Waals surface area contributed by atoms with Crippen LogP contribution in [0.15, 0.2) is 29.4 Å². The molecule has 0 aliphatic rings. The van der Waals surface area contributed by atoms with E-state index in [1.54, 1.807) is 11.8 Å². The average Bonchev–Trinajstić information content (AvgIpc) is 2.68. The van der Waals surface area contributed by atoms with Gasteiger partial charge in [0.25, 0.3) is 0 Å². The number of nitrogens with two attached hydrogens (primary N) is 1. The topological polar surface area (TPSA) is 66.0 Å². The average molecular weight is 264 g/mol. The van der Waals surface area contributed by atoms with Crippen molar-refractivity contribution in [3.8, 4) is 5.75 Å². The number of hydrogen-bond donors (Lipinski definition) is 1. The minimum Gasteiger partial charge on any atom is -0.493 e. The van der Waals surface area contributed by atoms with Crippen molar-refractivity contribution >= 4 is 17.4 Å². The Morgan fingerprint density at radius 1 is 1.28 bits per heavy atom. The van der Waals surface area contributed by atoms with E-state index in [2.05, 4.69) is 10.2 Å². The predicted octanol–water partition coefficient (Wildman–Crippen LogP) is 1.88. The molecular weight excluding hydrogens is 248 g/mol. The molecule has 0 amide bonds. The molecule has 1 aromatic heterocycles. The number of anilines is 1. The summed E-state index contributed by atoms with van der Waals surface area (Å²) in [5.41, 5.74) is 6.34. The lowest BCUT2D eigenvalue weighted by molar-refractivity contribution is 0.344. The zero-order chi connectivity index (χ0) is 13.0. The van der Waals surface area contributed by atoms with E-state index in [-0.39, 0.29) is 0 Å². The van der Waals surface area contributed by atoms with E-state index in [0.29, 0.717) is 6.61 Å². The maximum Gasteiger partial charge on any atom is 0.191 e. The van der Waals surface area contributed by atoms with Gasteiger partial charge in [-0.3, -0.25) is 0 Å². The van der Waals surface area contributed by atoms with E-state index < -0.39 is 0 Å². The Morgan fingerprint density at radius 2 is 2.00 bits per heavy atom. The fourth-order valence-corrected chi connectivity index (χ4v) is 2.14. The molecule has 2 N–H and O–H groups in total. The fourth-order valence-electron chi connectivity index (χ4n) is 1.37. The third kappa shape index (κ3) is 3.16. The summed E-state index contributed by atoms with van der Waals surface area (Å²) in [7, 11) is 1.96. The Hall–Kier alpha value is -1.69. The molecule has 0 unspecified atom stereocenters. The van der Waals surface area contributed by atoms with Crippen LogP contribution in [0.4, 0.5) is 5.69 Å². The zero-order valence-corrected chi connectivity index (χ0v) is 11.3. The Balaban J connectivity index is 1.76. The van der Waals surface area contributed by atoms with E-state index in [4.69, 9.17) is 10.5 Å². The van der Waals surface area contributed by atoms with Crippen molar-refractivity contribution in [2.75, 3.05) is 18.1 Å². The quantitative estimate of drug-likeness (QED) is 0.507. The second kappa shape index (κ2) is 5.77. The van der Waals surface area contributed by atoms with Crippen molar-refractivity contribution in [1.82, 2.24) is 14.8 Å². The normalized spacial score (nSPS) is 10.6. The van der Waals surface area contributed by atoms with Crippen LogP contribution in [0, 0.1) is 6.92 Å². The maximum atomic E-state index is 5.60. The Bertz CT molecular complexity index is 509. The van der Waals surface area contributed by atoms with Crippen molar-refractivity contribution in [1.29, 1.82) is 0 Å². The maximum absolute atomic E-state index is 5.60. The molecule has 5 nitrogen and oxygen atoms in total. The van der Waals surface area contributed by atoms with E-state index in [0.717, 1.165) is 28.2 Å². The molecule has 0 saturated heterocycles. The Kier molecular flexibility index (Phi) is 4.09. The van der Waals surface area contributed by atoms with Crippen LogP contribution in [0.25, 0.3) is 0 Å². The molecule has 96 valence electrons. The number of aromatic nitrogens is 3. The van der Waals surface area contributed by atoms with Gasteiger partial charge < -0.3 is 15.0 Å². The molecule has 0 spiro atoms. The number of nitrogen functional groups attached to an aromatic ring is 1. The third-order valence-electron chi connectivity index (χ3n) is 2.52. The van der Waals surface area contributed by atoms with Crippen LogP contribution in [0.2, 0.25) is 0 Å². The molecule has 1 aromatic carbocycles. The molecule has 0 aliphatic heterocycles. The lowest BCUT2D eigenvalue weighted by Crippen LogP contribution is -2.02. The Labute approximate surface area is 110 Å². The van der Waals surface area contributed by atoms with Crippen molar-refractivity contribution < 1.29 is 4.74 Å². The first kappa shape index (κ1) is 12.8. The smallest absolute Gasteiger partial charge is 0.191 e. The number of benzene rings is 1. The van der Waals surface area contributed by atoms with Gasteiger partial charge in [0.15, 0.2) is 5.16 Å². The number of ether oxygens (including phenoxy) is 1. The summed E-state index contributed by atoms with van der Waals surface area (Å²) in [4.78, 5) is 0. The highest BCUT2D eigenvalue weighted by Gasteiger charge is 2.04. The minimum atomic E-state index is 0.625. The van der Waals surface area contributed by atoms with Gasteiger partial charge in [-0.2, -0.15) is 0 Å². The van der Waals surface area contributed by atoms with Gasteiger partial charge in [0, 0.05) is 18.5 Å². The van der Waals surface area contributed by atoms with Crippen LogP contribution in [-0.2, 0) is 7.05 Å². The van der Waals surface area contributed by atoms with E-state index in [9.17, 15) is 0 Å². The number of thioether (sulfide) groups is 1. The highest BCUT2D eigenvalue weighted by molar-refractivity contribution is 7.99. The summed E-state index contributed by atoms with van der Waals surface area (Å²) >= 11 is 1.63. The van der Waals surface area contributed by atoms with Crippen molar-refractivity contribution in [3.05, 3.63) is 30.1 Å². The Morgan fingerprint density at radius 3 is 2.61 bits per heavy atom. The van der Waals surface area contributed by atoms with E-state index in [1.807, 2.05) is 42.8 Å². The summed E-state index contributed by atoms with van der Waals surface area (Å²) in [5.74, 6) is 2.58. The lowest BCUT2D eigenvalue weighted by Gasteiger charge is -2.06. The number of hydrogen-bond acceptors (Lipinski definition) is 5. The molecule has 0 bridgehead atoms. The van der Waals surface area contributed by atoms with Crippen molar-refractivity contribution in [2.24, 2.45) is 7.05 Å². The third-order valence-corrected chi connectivity index (χ3v) is 3.50. The standard InChI is InChI=1S/C12H16N4OS/c1-9-14-15-12(16(9)2)18-8-7-17-11-5-3-10(13)4-6-11/h3-6H,7-8,13H2,1-2H3. The van der Waals surface area contributed by atoms with Crippen molar-refractivity contribution in [3.63, 3.8) is 0 Å². The van der Waals surface area contributed by atoms with Gasteiger partial charge in [0.1, 0.15) is 11.6 Å². The van der Waals surface area contributed by atoms with Gasteiger partial charge in [0.05, 0.1) is 6.61 Å². The van der Waals surface area contributed by atoms with Crippen LogP contribution in [-0.4, -0.2) is 27.1 Å². The molecule has 0 fully saturated rings. The van der Waals surface area contributed by atoms with Gasteiger partial charge in [-0.1, -0.05) is 11.8 Å². The first-order chi connectivity index (χ1) is 8.66. The molecule has 18 heavy (non-hydrogen) atoms. The van der Waals surface area contributed by atoms with Crippen LogP contribution >= 0.6 is 11.8 Å². The largest absolute Gasteiger partial charge is 0.493 e. The molecule has 6 heteroatoms. The van der Waals surface area contributed by atoms with Gasteiger partial charge in [-0.15, -0.1) is 10.2 Å². The van der Waals surface area contributed by atoms with Gasteiger partial charge in [-0.25, -0.2) is 0 Å². The predicted molar refractivity (Wildman–Crippen MR) is 72.8 cm³/mol. The summed E-state index contributed by atoms with van der Waals surface area (Å²) in [6.45, 7) is 2.56. The SMILES string of the molecule is Cc1nnc(SCCOc2ccc(N)cc2)n1C. The summed E-state index contributed by atoms with van der Waals surface area (Å²) in [6.07, 6.45) is 0. The van der Waals surface area contributed by atoms with E-state index in [1.165, 1.54) is 0 Å². The van der Waals surface area contributed by atoms with Gasteiger partial charge in [0.2, 0.25) is 0 Å². The lowest BCUT2D eigenvalue weighted by atomic mass is 10.3. The summed E-state index contributed by atoms with van der Waals surface area (Å²) < 4.78 is 7.56. The van der Waals surface area contributed by atoms with Crippen molar-refractivity contribution in [2.45, 2.75) is 12.1 Å². The van der Waals surface area contributed by atoms with Gasteiger partial charge >= 0.3 is 0 Å².